The Bertz CT molecular complexity index is 610. The van der Waals surface area contributed by atoms with Crippen molar-refractivity contribution in [3.63, 3.8) is 0 Å². The molecule has 0 spiro atoms. The molecule has 0 saturated carbocycles. The molecule has 0 bridgehead atoms. The van der Waals surface area contributed by atoms with Gasteiger partial charge >= 0.3 is 0 Å². The molecule has 1 fully saturated rings. The van der Waals surface area contributed by atoms with Crippen molar-refractivity contribution in [3.8, 4) is 5.75 Å². The van der Waals surface area contributed by atoms with Gasteiger partial charge in [-0.15, -0.1) is 24.0 Å². The Kier molecular flexibility index (Phi) is 13.2. The standard InChI is InChI=1S/C21H36N4O3.HI/c1-17-5-6-19(20(13-17)28-16-18-7-11-27-15-18)14-24-21(22-2)23-8-9-25(3)10-12-26-4;/h5-6,13,18H,7-12,14-16H2,1-4H3,(H2,22,23,24);1H. The van der Waals surface area contributed by atoms with Crippen molar-refractivity contribution in [3.05, 3.63) is 29.3 Å². The monoisotopic (exact) mass is 520 g/mol. The predicted molar refractivity (Wildman–Crippen MR) is 129 cm³/mol. The van der Waals surface area contributed by atoms with E-state index in [2.05, 4.69) is 52.7 Å². The number of ether oxygens (including phenoxy) is 3. The maximum absolute atomic E-state index is 6.12. The summed E-state index contributed by atoms with van der Waals surface area (Å²) in [6, 6.07) is 6.34. The first kappa shape index (κ1) is 25.9. The zero-order valence-corrected chi connectivity index (χ0v) is 20.5. The van der Waals surface area contributed by atoms with E-state index in [-0.39, 0.29) is 24.0 Å². The van der Waals surface area contributed by atoms with Gasteiger partial charge in [-0.2, -0.15) is 0 Å². The fourth-order valence-electron chi connectivity index (χ4n) is 2.99. The van der Waals surface area contributed by atoms with Crippen molar-refractivity contribution in [2.45, 2.75) is 19.9 Å². The lowest BCUT2D eigenvalue weighted by atomic mass is 10.1. The molecule has 0 aromatic heterocycles. The van der Waals surface area contributed by atoms with Gasteiger partial charge in [-0.3, -0.25) is 4.99 Å². The van der Waals surface area contributed by atoms with E-state index in [4.69, 9.17) is 14.2 Å². The molecule has 1 aliphatic heterocycles. The van der Waals surface area contributed by atoms with E-state index < -0.39 is 0 Å². The number of likely N-dealkylation sites (N-methyl/N-ethyl adjacent to an activating group) is 1. The molecule has 0 aliphatic carbocycles. The fraction of sp³-hybridized carbons (Fsp3) is 0.667. The van der Waals surface area contributed by atoms with Crippen LogP contribution in [0.2, 0.25) is 0 Å². The van der Waals surface area contributed by atoms with E-state index in [1.54, 1.807) is 14.2 Å². The number of guanidine groups is 1. The largest absolute Gasteiger partial charge is 0.493 e. The van der Waals surface area contributed by atoms with Crippen LogP contribution >= 0.6 is 24.0 Å². The third-order valence-electron chi connectivity index (χ3n) is 4.85. The number of halogens is 1. The van der Waals surface area contributed by atoms with Crippen LogP contribution in [0.1, 0.15) is 17.5 Å². The second kappa shape index (κ2) is 14.8. The fourth-order valence-corrected chi connectivity index (χ4v) is 2.99. The van der Waals surface area contributed by atoms with Crippen LogP contribution in [-0.2, 0) is 16.0 Å². The third-order valence-corrected chi connectivity index (χ3v) is 4.85. The molecule has 0 amide bonds. The van der Waals surface area contributed by atoms with Gasteiger partial charge in [-0.1, -0.05) is 12.1 Å². The average Bonchev–Trinajstić information content (AvgIpc) is 3.22. The number of hydrogen-bond acceptors (Lipinski definition) is 5. The summed E-state index contributed by atoms with van der Waals surface area (Å²) in [6.07, 6.45) is 1.08. The molecule has 1 aliphatic rings. The van der Waals surface area contributed by atoms with Gasteiger partial charge in [-0.25, -0.2) is 0 Å². The molecule has 1 aromatic rings. The summed E-state index contributed by atoms with van der Waals surface area (Å²) in [5.41, 5.74) is 2.33. The van der Waals surface area contributed by atoms with E-state index in [9.17, 15) is 0 Å². The molecular weight excluding hydrogens is 483 g/mol. The number of hydrogen-bond donors (Lipinski definition) is 2. The molecule has 1 atom stereocenters. The van der Waals surface area contributed by atoms with Gasteiger partial charge < -0.3 is 29.7 Å². The lowest BCUT2D eigenvalue weighted by Crippen LogP contribution is -2.41. The molecule has 0 radical (unpaired) electrons. The Hall–Kier alpha value is -1.10. The van der Waals surface area contributed by atoms with E-state index >= 15 is 0 Å². The third kappa shape index (κ3) is 9.97. The molecule has 1 saturated heterocycles. The summed E-state index contributed by atoms with van der Waals surface area (Å²) in [5.74, 6) is 2.22. The highest BCUT2D eigenvalue weighted by Crippen LogP contribution is 2.22. The van der Waals surface area contributed by atoms with Gasteiger partial charge in [0.15, 0.2) is 5.96 Å². The SMILES string of the molecule is CN=C(NCCN(C)CCOC)NCc1ccc(C)cc1OCC1CCOC1.I. The second-order valence-electron chi connectivity index (χ2n) is 7.30. The van der Waals surface area contributed by atoms with Crippen LogP contribution in [-0.4, -0.2) is 78.1 Å². The normalized spacial score (nSPS) is 16.6. The zero-order valence-electron chi connectivity index (χ0n) is 18.2. The molecular formula is C21H37IN4O3. The molecule has 1 unspecified atom stereocenters. The van der Waals surface area contributed by atoms with Gasteiger partial charge in [0.05, 0.1) is 19.8 Å². The smallest absolute Gasteiger partial charge is 0.191 e. The number of rotatable bonds is 11. The first-order chi connectivity index (χ1) is 13.6. The minimum atomic E-state index is 0. The van der Waals surface area contributed by atoms with Crippen molar-refractivity contribution in [1.29, 1.82) is 0 Å². The molecule has 2 N–H and O–H groups in total. The van der Waals surface area contributed by atoms with Crippen molar-refractivity contribution >= 4 is 29.9 Å². The number of nitrogens with one attached hydrogen (secondary N) is 2. The van der Waals surface area contributed by atoms with E-state index in [1.807, 2.05) is 0 Å². The molecule has 8 heteroatoms. The summed E-state index contributed by atoms with van der Waals surface area (Å²) in [6.45, 7) is 8.50. The highest BCUT2D eigenvalue weighted by atomic mass is 127. The number of methoxy groups -OCH3 is 1. The quantitative estimate of drug-likeness (QED) is 0.265. The van der Waals surface area contributed by atoms with Gasteiger partial charge in [0.2, 0.25) is 0 Å². The van der Waals surface area contributed by atoms with Crippen molar-refractivity contribution < 1.29 is 14.2 Å². The zero-order chi connectivity index (χ0) is 20.2. The highest BCUT2D eigenvalue weighted by molar-refractivity contribution is 14.0. The van der Waals surface area contributed by atoms with Crippen LogP contribution < -0.4 is 15.4 Å². The first-order valence-corrected chi connectivity index (χ1v) is 10.0. The Balaban J connectivity index is 0.00000420. The van der Waals surface area contributed by atoms with Gasteiger partial charge in [0.1, 0.15) is 5.75 Å². The number of aliphatic imine (C=N–C) groups is 1. The number of benzene rings is 1. The summed E-state index contributed by atoms with van der Waals surface area (Å²) < 4.78 is 16.7. The minimum Gasteiger partial charge on any atom is -0.493 e. The van der Waals surface area contributed by atoms with Crippen LogP contribution in [0.15, 0.2) is 23.2 Å². The molecule has 166 valence electrons. The van der Waals surface area contributed by atoms with Crippen LogP contribution in [0.25, 0.3) is 0 Å². The Labute approximate surface area is 192 Å². The van der Waals surface area contributed by atoms with Gasteiger partial charge in [0.25, 0.3) is 0 Å². The van der Waals surface area contributed by atoms with Crippen molar-refractivity contribution in [2.24, 2.45) is 10.9 Å². The minimum absolute atomic E-state index is 0. The van der Waals surface area contributed by atoms with Crippen LogP contribution in [0.5, 0.6) is 5.75 Å². The Morgan fingerprint density at radius 3 is 2.83 bits per heavy atom. The lowest BCUT2D eigenvalue weighted by molar-refractivity contribution is 0.162. The topological polar surface area (TPSA) is 67.4 Å². The first-order valence-electron chi connectivity index (χ1n) is 10.0. The average molecular weight is 520 g/mol. The highest BCUT2D eigenvalue weighted by Gasteiger charge is 2.17. The summed E-state index contributed by atoms with van der Waals surface area (Å²) in [7, 11) is 5.60. The van der Waals surface area contributed by atoms with Crippen LogP contribution in [0.4, 0.5) is 0 Å². The maximum Gasteiger partial charge on any atom is 0.191 e. The molecule has 7 nitrogen and oxygen atoms in total. The molecule has 1 heterocycles. The lowest BCUT2D eigenvalue weighted by Gasteiger charge is -2.19. The van der Waals surface area contributed by atoms with Crippen LogP contribution in [0.3, 0.4) is 0 Å². The number of nitrogens with zero attached hydrogens (tertiary/aromatic N) is 2. The predicted octanol–water partition coefficient (Wildman–Crippen LogP) is 2.27. The Morgan fingerprint density at radius 1 is 1.31 bits per heavy atom. The van der Waals surface area contributed by atoms with E-state index in [0.717, 1.165) is 63.1 Å². The Morgan fingerprint density at radius 2 is 2.14 bits per heavy atom. The molecule has 29 heavy (non-hydrogen) atoms. The van der Waals surface area contributed by atoms with Gasteiger partial charge in [-0.05, 0) is 32.0 Å². The van der Waals surface area contributed by atoms with Crippen LogP contribution in [0, 0.1) is 12.8 Å². The van der Waals surface area contributed by atoms with Crippen molar-refractivity contribution in [1.82, 2.24) is 15.5 Å². The number of aryl methyl sites for hydroxylation is 1. The van der Waals surface area contributed by atoms with E-state index in [0.29, 0.717) is 19.1 Å². The summed E-state index contributed by atoms with van der Waals surface area (Å²) >= 11 is 0. The molecule has 2 rings (SSSR count). The summed E-state index contributed by atoms with van der Waals surface area (Å²) in [5, 5.41) is 6.74. The summed E-state index contributed by atoms with van der Waals surface area (Å²) in [4.78, 5) is 6.54. The van der Waals surface area contributed by atoms with E-state index in [1.165, 1.54) is 5.56 Å². The maximum atomic E-state index is 6.12. The van der Waals surface area contributed by atoms with Crippen molar-refractivity contribution in [2.75, 3.05) is 67.3 Å². The second-order valence-corrected chi connectivity index (χ2v) is 7.30. The molecule has 1 aromatic carbocycles. The van der Waals surface area contributed by atoms with Gasteiger partial charge in [0, 0.05) is 58.4 Å².